The van der Waals surface area contributed by atoms with E-state index in [0.29, 0.717) is 32.1 Å². The molecule has 2 aromatic rings. The molecule has 1 atom stereocenters. The van der Waals surface area contributed by atoms with Crippen LogP contribution in [0.25, 0.3) is 0 Å². The number of nitrogens with one attached hydrogen (secondary N) is 2. The largest absolute Gasteiger partial charge is 0.491 e. The highest BCUT2D eigenvalue weighted by Gasteiger charge is 2.25. The number of guanidine groups is 1. The van der Waals surface area contributed by atoms with E-state index < -0.39 is 0 Å². The standard InChI is InChI=1S/C22H30FN5O2.HI/c1-3-24-22(26-15-17-6-8-19(9-7-17)30-14-13-29-2)27-18-10-12-28(16-18)21-20(23)5-4-11-25-21;/h4-9,11,18H,3,10,12-16H2,1-2H3,(H2,24,26,27);1H. The maximum atomic E-state index is 14.0. The molecule has 1 unspecified atom stereocenters. The summed E-state index contributed by atoms with van der Waals surface area (Å²) in [5.74, 6) is 1.70. The summed E-state index contributed by atoms with van der Waals surface area (Å²) in [6.45, 7) is 5.90. The molecule has 1 aromatic carbocycles. The van der Waals surface area contributed by atoms with Crippen LogP contribution >= 0.6 is 24.0 Å². The minimum absolute atomic E-state index is 0. The molecule has 31 heavy (non-hydrogen) atoms. The molecule has 0 radical (unpaired) electrons. The van der Waals surface area contributed by atoms with Gasteiger partial charge >= 0.3 is 0 Å². The van der Waals surface area contributed by atoms with E-state index in [1.54, 1.807) is 19.4 Å². The second kappa shape index (κ2) is 13.3. The molecule has 9 heteroatoms. The van der Waals surface area contributed by atoms with Crippen LogP contribution in [0.5, 0.6) is 5.75 Å². The lowest BCUT2D eigenvalue weighted by atomic mass is 10.2. The third-order valence-corrected chi connectivity index (χ3v) is 4.81. The monoisotopic (exact) mass is 543 g/mol. The molecular formula is C22H31FIN5O2. The van der Waals surface area contributed by atoms with Gasteiger partial charge < -0.3 is 25.0 Å². The van der Waals surface area contributed by atoms with Crippen LogP contribution in [0.4, 0.5) is 10.2 Å². The highest BCUT2D eigenvalue weighted by Crippen LogP contribution is 2.20. The van der Waals surface area contributed by atoms with E-state index in [4.69, 9.17) is 14.5 Å². The van der Waals surface area contributed by atoms with Crippen molar-refractivity contribution in [2.24, 2.45) is 4.99 Å². The predicted molar refractivity (Wildman–Crippen MR) is 132 cm³/mol. The lowest BCUT2D eigenvalue weighted by molar-refractivity contribution is 0.146. The Kier molecular flexibility index (Phi) is 10.8. The lowest BCUT2D eigenvalue weighted by Crippen LogP contribution is -2.44. The van der Waals surface area contributed by atoms with Gasteiger partial charge in [-0.1, -0.05) is 12.1 Å². The summed E-state index contributed by atoms with van der Waals surface area (Å²) in [5.41, 5.74) is 1.09. The van der Waals surface area contributed by atoms with Crippen LogP contribution in [0, 0.1) is 5.82 Å². The smallest absolute Gasteiger partial charge is 0.191 e. The van der Waals surface area contributed by atoms with Crippen LogP contribution in [0.2, 0.25) is 0 Å². The lowest BCUT2D eigenvalue weighted by Gasteiger charge is -2.20. The number of hydrogen-bond donors (Lipinski definition) is 2. The van der Waals surface area contributed by atoms with Gasteiger partial charge in [0.1, 0.15) is 12.4 Å². The van der Waals surface area contributed by atoms with E-state index in [1.807, 2.05) is 36.1 Å². The molecule has 7 nitrogen and oxygen atoms in total. The molecule has 0 spiro atoms. The summed E-state index contributed by atoms with van der Waals surface area (Å²) >= 11 is 0. The highest BCUT2D eigenvalue weighted by molar-refractivity contribution is 14.0. The molecule has 0 bridgehead atoms. The molecule has 1 aliphatic heterocycles. The molecule has 2 heterocycles. The molecule has 3 rings (SSSR count). The van der Waals surface area contributed by atoms with Gasteiger partial charge in [-0.15, -0.1) is 24.0 Å². The predicted octanol–water partition coefficient (Wildman–Crippen LogP) is 3.20. The van der Waals surface area contributed by atoms with Gasteiger partial charge in [0.2, 0.25) is 0 Å². The first-order valence-electron chi connectivity index (χ1n) is 10.3. The first-order valence-corrected chi connectivity index (χ1v) is 10.3. The Bertz CT molecular complexity index is 822. The van der Waals surface area contributed by atoms with Crippen LogP contribution in [0.3, 0.4) is 0 Å². The van der Waals surface area contributed by atoms with Crippen molar-refractivity contribution in [2.75, 3.05) is 44.9 Å². The maximum Gasteiger partial charge on any atom is 0.191 e. The summed E-state index contributed by atoms with van der Waals surface area (Å²) in [6.07, 6.45) is 2.52. The number of aliphatic imine (C=N–C) groups is 1. The van der Waals surface area contributed by atoms with Gasteiger partial charge in [0.15, 0.2) is 17.6 Å². The number of methoxy groups -OCH3 is 1. The Balaban J connectivity index is 0.00000341. The maximum absolute atomic E-state index is 14.0. The average Bonchev–Trinajstić information content (AvgIpc) is 3.22. The Morgan fingerprint density at radius 1 is 1.26 bits per heavy atom. The Hall–Kier alpha value is -2.14. The zero-order valence-electron chi connectivity index (χ0n) is 18.0. The van der Waals surface area contributed by atoms with Crippen molar-refractivity contribution in [3.05, 3.63) is 54.0 Å². The highest BCUT2D eigenvalue weighted by atomic mass is 127. The number of pyridine rings is 1. The Morgan fingerprint density at radius 2 is 2.06 bits per heavy atom. The minimum Gasteiger partial charge on any atom is -0.491 e. The fourth-order valence-electron chi connectivity index (χ4n) is 3.30. The fraction of sp³-hybridized carbons (Fsp3) is 0.455. The normalized spacial score (nSPS) is 16.0. The molecule has 1 saturated heterocycles. The topological polar surface area (TPSA) is 71.0 Å². The molecule has 2 N–H and O–H groups in total. The fourth-order valence-corrected chi connectivity index (χ4v) is 3.30. The SMILES string of the molecule is CCNC(=NCc1ccc(OCCOC)cc1)NC1CCN(c2ncccc2F)C1.I. The number of halogens is 2. The number of rotatable bonds is 9. The molecular weight excluding hydrogens is 512 g/mol. The third kappa shape index (κ3) is 7.80. The molecule has 1 aliphatic rings. The summed E-state index contributed by atoms with van der Waals surface area (Å²) in [5, 5.41) is 6.74. The van der Waals surface area contributed by atoms with Gasteiger partial charge in [-0.25, -0.2) is 14.4 Å². The molecule has 1 fully saturated rings. The van der Waals surface area contributed by atoms with Crippen molar-refractivity contribution in [3.63, 3.8) is 0 Å². The number of aromatic nitrogens is 1. The second-order valence-corrected chi connectivity index (χ2v) is 7.07. The van der Waals surface area contributed by atoms with Gasteiger partial charge in [0.05, 0.1) is 13.2 Å². The molecule has 0 aliphatic carbocycles. The van der Waals surface area contributed by atoms with Gasteiger partial charge in [-0.3, -0.25) is 0 Å². The molecule has 170 valence electrons. The number of benzene rings is 1. The second-order valence-electron chi connectivity index (χ2n) is 7.07. The number of anilines is 1. The average molecular weight is 543 g/mol. The summed E-state index contributed by atoms with van der Waals surface area (Å²) in [6, 6.07) is 11.1. The zero-order valence-corrected chi connectivity index (χ0v) is 20.3. The zero-order chi connectivity index (χ0) is 21.2. The van der Waals surface area contributed by atoms with E-state index in [9.17, 15) is 4.39 Å². The van der Waals surface area contributed by atoms with E-state index in [1.165, 1.54) is 6.07 Å². The van der Waals surface area contributed by atoms with Crippen molar-refractivity contribution < 1.29 is 13.9 Å². The summed E-state index contributed by atoms with van der Waals surface area (Å²) in [7, 11) is 1.65. The van der Waals surface area contributed by atoms with E-state index in [2.05, 4.69) is 15.6 Å². The number of ether oxygens (including phenoxy) is 2. The van der Waals surface area contributed by atoms with E-state index >= 15 is 0 Å². The molecule has 0 amide bonds. The summed E-state index contributed by atoms with van der Waals surface area (Å²) < 4.78 is 24.6. The van der Waals surface area contributed by atoms with Crippen LogP contribution in [0.15, 0.2) is 47.6 Å². The van der Waals surface area contributed by atoms with Crippen molar-refractivity contribution in [1.82, 2.24) is 15.6 Å². The van der Waals surface area contributed by atoms with Crippen LogP contribution in [-0.4, -0.2) is 56.9 Å². The van der Waals surface area contributed by atoms with Crippen molar-refractivity contribution >= 4 is 35.8 Å². The first-order chi connectivity index (χ1) is 14.7. The molecule has 1 aromatic heterocycles. The summed E-state index contributed by atoms with van der Waals surface area (Å²) in [4.78, 5) is 10.8. The van der Waals surface area contributed by atoms with Gasteiger partial charge in [-0.2, -0.15) is 0 Å². The van der Waals surface area contributed by atoms with Crippen molar-refractivity contribution in [2.45, 2.75) is 25.9 Å². The van der Waals surface area contributed by atoms with Crippen LogP contribution in [-0.2, 0) is 11.3 Å². The number of hydrogen-bond acceptors (Lipinski definition) is 5. The van der Waals surface area contributed by atoms with Crippen molar-refractivity contribution in [1.29, 1.82) is 0 Å². The van der Waals surface area contributed by atoms with E-state index in [-0.39, 0.29) is 35.8 Å². The van der Waals surface area contributed by atoms with Crippen LogP contribution < -0.4 is 20.3 Å². The molecule has 0 saturated carbocycles. The Morgan fingerprint density at radius 3 is 2.77 bits per heavy atom. The van der Waals surface area contributed by atoms with Gasteiger partial charge in [0, 0.05) is 39.0 Å². The van der Waals surface area contributed by atoms with Gasteiger partial charge in [0.25, 0.3) is 0 Å². The van der Waals surface area contributed by atoms with Crippen LogP contribution in [0.1, 0.15) is 18.9 Å². The number of nitrogens with zero attached hydrogens (tertiary/aromatic N) is 3. The van der Waals surface area contributed by atoms with E-state index in [0.717, 1.165) is 36.8 Å². The minimum atomic E-state index is -0.284. The van der Waals surface area contributed by atoms with Crippen molar-refractivity contribution in [3.8, 4) is 5.75 Å². The first kappa shape index (κ1) is 25.1. The quantitative estimate of drug-likeness (QED) is 0.219. The Labute approximate surface area is 200 Å². The third-order valence-electron chi connectivity index (χ3n) is 4.81. The van der Waals surface area contributed by atoms with Gasteiger partial charge in [-0.05, 0) is 43.2 Å².